The van der Waals surface area contributed by atoms with E-state index in [1.165, 1.54) is 31.5 Å². The Morgan fingerprint density at radius 1 is 1.32 bits per heavy atom. The molecular formula is C16H23N3. The number of benzene rings is 1. The third kappa shape index (κ3) is 3.79. The molecule has 1 aromatic rings. The fourth-order valence-corrected chi connectivity index (χ4v) is 2.71. The fraction of sp³-hybridized carbons (Fsp3) is 0.562. The molecule has 19 heavy (non-hydrogen) atoms. The molecule has 0 aliphatic carbocycles. The third-order valence-electron chi connectivity index (χ3n) is 4.06. The lowest BCUT2D eigenvalue weighted by atomic mass is 10.0. The number of hydrogen-bond acceptors (Lipinski definition) is 3. The highest BCUT2D eigenvalue weighted by atomic mass is 15.1. The van der Waals surface area contributed by atoms with Crippen molar-refractivity contribution >= 4 is 0 Å². The Kier molecular flexibility index (Phi) is 4.95. The maximum absolute atomic E-state index is 8.81. The maximum atomic E-state index is 8.81. The lowest BCUT2D eigenvalue weighted by molar-refractivity contribution is 0.200. The molecule has 0 aromatic heterocycles. The minimum absolute atomic E-state index is 0.353. The van der Waals surface area contributed by atoms with Crippen LogP contribution in [0.3, 0.4) is 0 Å². The molecule has 1 N–H and O–H groups in total. The summed E-state index contributed by atoms with van der Waals surface area (Å²) in [5.41, 5.74) is 1.99. The SMILES string of the molecule is CCN1CCC(NC(C)c2ccc(C#N)cc2)CC1. The number of nitrogens with zero attached hydrogens (tertiary/aromatic N) is 2. The highest BCUT2D eigenvalue weighted by Crippen LogP contribution is 2.17. The summed E-state index contributed by atoms with van der Waals surface area (Å²) in [5.74, 6) is 0. The molecule has 0 amide bonds. The van der Waals surface area contributed by atoms with Crippen molar-refractivity contribution in [2.45, 2.75) is 38.8 Å². The monoisotopic (exact) mass is 257 g/mol. The van der Waals surface area contributed by atoms with E-state index in [4.69, 9.17) is 5.26 Å². The summed E-state index contributed by atoms with van der Waals surface area (Å²) in [6.07, 6.45) is 2.46. The quantitative estimate of drug-likeness (QED) is 0.901. The van der Waals surface area contributed by atoms with Crippen LogP contribution in [0.4, 0.5) is 0 Å². The zero-order chi connectivity index (χ0) is 13.7. The molecule has 1 aliphatic rings. The molecular weight excluding hydrogens is 234 g/mol. The molecule has 1 heterocycles. The van der Waals surface area contributed by atoms with Crippen LogP contribution >= 0.6 is 0 Å². The Morgan fingerprint density at radius 2 is 1.95 bits per heavy atom. The topological polar surface area (TPSA) is 39.1 Å². The first-order chi connectivity index (χ1) is 9.22. The van der Waals surface area contributed by atoms with Gasteiger partial charge in [-0.3, -0.25) is 0 Å². The summed E-state index contributed by atoms with van der Waals surface area (Å²) in [6, 6.07) is 11.0. The van der Waals surface area contributed by atoms with E-state index in [0.29, 0.717) is 12.1 Å². The highest BCUT2D eigenvalue weighted by molar-refractivity contribution is 5.32. The zero-order valence-corrected chi connectivity index (χ0v) is 11.9. The summed E-state index contributed by atoms with van der Waals surface area (Å²) >= 11 is 0. The van der Waals surface area contributed by atoms with Crippen LogP contribution in [0.5, 0.6) is 0 Å². The number of piperidine rings is 1. The average molecular weight is 257 g/mol. The van der Waals surface area contributed by atoms with E-state index >= 15 is 0 Å². The third-order valence-corrected chi connectivity index (χ3v) is 4.06. The van der Waals surface area contributed by atoms with E-state index in [2.05, 4.69) is 42.3 Å². The van der Waals surface area contributed by atoms with Gasteiger partial charge in [-0.15, -0.1) is 0 Å². The lowest BCUT2D eigenvalue weighted by Crippen LogP contribution is -2.43. The Morgan fingerprint density at radius 3 is 2.47 bits per heavy atom. The van der Waals surface area contributed by atoms with Gasteiger partial charge < -0.3 is 10.2 Å². The normalized spacial score (nSPS) is 19.0. The van der Waals surface area contributed by atoms with Crippen LogP contribution in [-0.2, 0) is 0 Å². The van der Waals surface area contributed by atoms with Crippen LogP contribution in [-0.4, -0.2) is 30.6 Å². The van der Waals surface area contributed by atoms with Gasteiger partial charge in [0.25, 0.3) is 0 Å². The Bertz CT molecular complexity index is 424. The summed E-state index contributed by atoms with van der Waals surface area (Å²) < 4.78 is 0. The van der Waals surface area contributed by atoms with Crippen molar-refractivity contribution in [3.05, 3.63) is 35.4 Å². The molecule has 0 radical (unpaired) electrons. The van der Waals surface area contributed by atoms with E-state index in [9.17, 15) is 0 Å². The molecule has 3 heteroatoms. The largest absolute Gasteiger partial charge is 0.307 e. The van der Waals surface area contributed by atoms with Gasteiger partial charge in [0.1, 0.15) is 0 Å². The van der Waals surface area contributed by atoms with Gasteiger partial charge in [0.05, 0.1) is 11.6 Å². The van der Waals surface area contributed by atoms with E-state index in [1.807, 2.05) is 12.1 Å². The van der Waals surface area contributed by atoms with E-state index in [-0.39, 0.29) is 0 Å². The van der Waals surface area contributed by atoms with Crippen molar-refractivity contribution in [1.82, 2.24) is 10.2 Å². The van der Waals surface area contributed by atoms with Gasteiger partial charge in [-0.1, -0.05) is 19.1 Å². The second kappa shape index (κ2) is 6.70. The van der Waals surface area contributed by atoms with Crippen LogP contribution < -0.4 is 5.32 Å². The van der Waals surface area contributed by atoms with Crippen LogP contribution in [0.2, 0.25) is 0 Å². The summed E-state index contributed by atoms with van der Waals surface area (Å²) in [5, 5.41) is 12.5. The predicted molar refractivity (Wildman–Crippen MR) is 77.8 cm³/mol. The Labute approximate surface area is 116 Å². The van der Waals surface area contributed by atoms with Crippen LogP contribution in [0.1, 0.15) is 43.9 Å². The van der Waals surface area contributed by atoms with Crippen molar-refractivity contribution in [2.24, 2.45) is 0 Å². The summed E-state index contributed by atoms with van der Waals surface area (Å²) in [7, 11) is 0. The predicted octanol–water partition coefficient (Wildman–Crippen LogP) is 2.69. The van der Waals surface area contributed by atoms with Gasteiger partial charge in [-0.2, -0.15) is 5.26 Å². The number of rotatable bonds is 4. The highest BCUT2D eigenvalue weighted by Gasteiger charge is 2.19. The molecule has 1 unspecified atom stereocenters. The van der Waals surface area contributed by atoms with Gasteiger partial charge in [0.15, 0.2) is 0 Å². The molecule has 2 rings (SSSR count). The van der Waals surface area contributed by atoms with Gasteiger partial charge in [0, 0.05) is 12.1 Å². The average Bonchev–Trinajstić information content (AvgIpc) is 2.48. The Balaban J connectivity index is 1.87. The van der Waals surface area contributed by atoms with Crippen molar-refractivity contribution in [2.75, 3.05) is 19.6 Å². The fourth-order valence-electron chi connectivity index (χ4n) is 2.71. The van der Waals surface area contributed by atoms with Gasteiger partial charge in [0.2, 0.25) is 0 Å². The molecule has 3 nitrogen and oxygen atoms in total. The number of nitrogens with one attached hydrogen (secondary N) is 1. The first-order valence-corrected chi connectivity index (χ1v) is 7.21. The van der Waals surface area contributed by atoms with Crippen molar-refractivity contribution in [3.8, 4) is 6.07 Å². The van der Waals surface area contributed by atoms with Crippen molar-refractivity contribution < 1.29 is 0 Å². The molecule has 0 saturated carbocycles. The molecule has 1 fully saturated rings. The molecule has 1 saturated heterocycles. The molecule has 1 atom stereocenters. The van der Waals surface area contributed by atoms with Crippen LogP contribution in [0.15, 0.2) is 24.3 Å². The van der Waals surface area contributed by atoms with Crippen molar-refractivity contribution in [1.29, 1.82) is 5.26 Å². The molecule has 102 valence electrons. The summed E-state index contributed by atoms with van der Waals surface area (Å²) in [4.78, 5) is 2.50. The van der Waals surface area contributed by atoms with E-state index < -0.39 is 0 Å². The van der Waals surface area contributed by atoms with Crippen molar-refractivity contribution in [3.63, 3.8) is 0 Å². The smallest absolute Gasteiger partial charge is 0.0991 e. The lowest BCUT2D eigenvalue weighted by Gasteiger charge is -2.33. The van der Waals surface area contributed by atoms with E-state index in [0.717, 1.165) is 12.1 Å². The first kappa shape index (κ1) is 14.0. The standard InChI is InChI=1S/C16H23N3/c1-3-19-10-8-16(9-11-19)18-13(2)15-6-4-14(12-17)5-7-15/h4-7,13,16,18H,3,8-11H2,1-2H3. The number of hydrogen-bond donors (Lipinski definition) is 1. The minimum atomic E-state index is 0.353. The first-order valence-electron chi connectivity index (χ1n) is 7.21. The summed E-state index contributed by atoms with van der Waals surface area (Å²) in [6.45, 7) is 8.00. The Hall–Kier alpha value is -1.37. The molecule has 1 aromatic carbocycles. The van der Waals surface area contributed by atoms with E-state index in [1.54, 1.807) is 0 Å². The van der Waals surface area contributed by atoms with Crippen LogP contribution in [0.25, 0.3) is 0 Å². The number of nitriles is 1. The van der Waals surface area contributed by atoms with Gasteiger partial charge in [-0.25, -0.2) is 0 Å². The van der Waals surface area contributed by atoms with Gasteiger partial charge in [-0.05, 0) is 57.1 Å². The second-order valence-corrected chi connectivity index (χ2v) is 5.33. The zero-order valence-electron chi connectivity index (χ0n) is 11.9. The van der Waals surface area contributed by atoms with Crippen LogP contribution in [0, 0.1) is 11.3 Å². The molecule has 1 aliphatic heterocycles. The number of likely N-dealkylation sites (tertiary alicyclic amines) is 1. The second-order valence-electron chi connectivity index (χ2n) is 5.33. The van der Waals surface area contributed by atoms with Gasteiger partial charge >= 0.3 is 0 Å². The maximum Gasteiger partial charge on any atom is 0.0991 e. The molecule has 0 spiro atoms. The minimum Gasteiger partial charge on any atom is -0.307 e. The molecule has 0 bridgehead atoms.